The first kappa shape index (κ1) is 21.7. The van der Waals surface area contributed by atoms with Crippen molar-refractivity contribution in [3.8, 4) is 5.75 Å². The van der Waals surface area contributed by atoms with Crippen LogP contribution in [0.15, 0.2) is 27.8 Å². The summed E-state index contributed by atoms with van der Waals surface area (Å²) in [5.41, 5.74) is 7.08. The lowest BCUT2D eigenvalue weighted by atomic mass is 10.1. The van der Waals surface area contributed by atoms with Crippen LogP contribution in [0.2, 0.25) is 0 Å². The molecule has 0 saturated carbocycles. The van der Waals surface area contributed by atoms with E-state index in [2.05, 4.69) is 4.98 Å². The molecule has 8 nitrogen and oxygen atoms in total. The average molecular weight is 415 g/mol. The van der Waals surface area contributed by atoms with Crippen LogP contribution >= 0.6 is 0 Å². The third kappa shape index (κ3) is 4.58. The number of hydrogen-bond acceptors (Lipinski definition) is 5. The molecule has 162 valence electrons. The maximum Gasteiger partial charge on any atom is 0.330 e. The molecule has 1 aromatic carbocycles. The smallest absolute Gasteiger partial charge is 0.330 e. The monoisotopic (exact) mass is 414 g/mol. The largest absolute Gasteiger partial charge is 0.493 e. The lowest BCUT2D eigenvalue weighted by Crippen LogP contribution is -2.42. The zero-order valence-corrected chi connectivity index (χ0v) is 17.7. The first-order valence-corrected chi connectivity index (χ1v) is 10.6. The van der Waals surface area contributed by atoms with Crippen LogP contribution in [0.5, 0.6) is 5.75 Å². The lowest BCUT2D eigenvalue weighted by molar-refractivity contribution is -0.118. The minimum absolute atomic E-state index is 0.0454. The molecule has 0 radical (unpaired) electrons. The highest BCUT2D eigenvalue weighted by atomic mass is 16.5. The lowest BCUT2D eigenvalue weighted by Gasteiger charge is -2.24. The summed E-state index contributed by atoms with van der Waals surface area (Å²) in [4.78, 5) is 41.9. The molecule has 3 rings (SSSR count). The minimum atomic E-state index is -0.628. The number of nitrogens with two attached hydrogens (primary N) is 1. The number of carbonyl (C=O) groups is 1. The normalized spacial score (nSPS) is 12.5. The zero-order chi connectivity index (χ0) is 21.7. The quantitative estimate of drug-likeness (QED) is 0.654. The van der Waals surface area contributed by atoms with Gasteiger partial charge < -0.3 is 15.4 Å². The molecule has 3 N–H and O–H groups in total. The van der Waals surface area contributed by atoms with E-state index in [1.54, 1.807) is 0 Å². The predicted molar refractivity (Wildman–Crippen MR) is 117 cm³/mol. The van der Waals surface area contributed by atoms with Gasteiger partial charge in [0.15, 0.2) is 5.69 Å². The number of ether oxygens (including phenoxy) is 1. The highest BCUT2D eigenvalue weighted by Crippen LogP contribution is 2.27. The summed E-state index contributed by atoms with van der Waals surface area (Å²) in [6.07, 6.45) is 4.16. The van der Waals surface area contributed by atoms with Crippen LogP contribution in [0.3, 0.4) is 0 Å². The summed E-state index contributed by atoms with van der Waals surface area (Å²) in [6.45, 7) is 5.43. The van der Waals surface area contributed by atoms with Crippen molar-refractivity contribution in [2.75, 3.05) is 23.8 Å². The number of unbranched alkanes of at least 4 members (excludes halogenated alkanes) is 2. The Morgan fingerprint density at radius 2 is 2.00 bits per heavy atom. The Hall–Kier alpha value is -3.03. The summed E-state index contributed by atoms with van der Waals surface area (Å²) in [6, 6.07) is 5.73. The highest BCUT2D eigenvalue weighted by molar-refractivity contribution is 5.96. The fraction of sp³-hybridized carbons (Fsp3) is 0.500. The summed E-state index contributed by atoms with van der Waals surface area (Å²) >= 11 is 0. The number of nitrogens with one attached hydrogen (secondary N) is 1. The second kappa shape index (κ2) is 9.65. The molecular formula is C22H30N4O4. The number of fused-ring (bicyclic) bond motifs is 1. The van der Waals surface area contributed by atoms with Crippen LogP contribution in [0, 0.1) is 0 Å². The Kier molecular flexibility index (Phi) is 6.97. The maximum absolute atomic E-state index is 13.2. The van der Waals surface area contributed by atoms with Gasteiger partial charge in [-0.15, -0.1) is 0 Å². The molecular weight excluding hydrogens is 384 g/mol. The molecule has 1 amide bonds. The molecule has 0 spiro atoms. The van der Waals surface area contributed by atoms with Crippen LogP contribution in [-0.2, 0) is 24.2 Å². The van der Waals surface area contributed by atoms with E-state index >= 15 is 0 Å². The average Bonchev–Trinajstić information content (AvgIpc) is 3.18. The van der Waals surface area contributed by atoms with Gasteiger partial charge >= 0.3 is 5.69 Å². The molecule has 0 saturated heterocycles. The molecule has 30 heavy (non-hydrogen) atoms. The summed E-state index contributed by atoms with van der Waals surface area (Å²) in [5, 5.41) is 0. The highest BCUT2D eigenvalue weighted by Gasteiger charge is 2.24. The minimum Gasteiger partial charge on any atom is -0.493 e. The van der Waals surface area contributed by atoms with Crippen molar-refractivity contribution in [3.63, 3.8) is 0 Å². The van der Waals surface area contributed by atoms with Crippen molar-refractivity contribution >= 4 is 17.4 Å². The Morgan fingerprint density at radius 1 is 1.23 bits per heavy atom. The molecule has 0 fully saturated rings. The number of anilines is 2. The molecule has 1 aromatic heterocycles. The number of H-pyrrole nitrogens is 1. The fourth-order valence-corrected chi connectivity index (χ4v) is 3.67. The topological polar surface area (TPSA) is 110 Å². The van der Waals surface area contributed by atoms with Gasteiger partial charge in [0.1, 0.15) is 11.6 Å². The number of aromatic nitrogens is 2. The van der Waals surface area contributed by atoms with Gasteiger partial charge in [-0.05, 0) is 30.0 Å². The van der Waals surface area contributed by atoms with Gasteiger partial charge in [-0.2, -0.15) is 0 Å². The molecule has 0 bridgehead atoms. The van der Waals surface area contributed by atoms with Crippen molar-refractivity contribution in [2.45, 2.75) is 58.9 Å². The molecule has 0 aliphatic carbocycles. The molecule has 0 unspecified atom stereocenters. The van der Waals surface area contributed by atoms with E-state index in [0.717, 1.165) is 49.0 Å². The van der Waals surface area contributed by atoms with E-state index in [9.17, 15) is 14.4 Å². The van der Waals surface area contributed by atoms with Gasteiger partial charge in [-0.1, -0.05) is 38.8 Å². The number of benzene rings is 1. The Bertz CT molecular complexity index is 1020. The summed E-state index contributed by atoms with van der Waals surface area (Å²) < 4.78 is 6.87. The molecule has 1 aliphatic heterocycles. The third-order valence-electron chi connectivity index (χ3n) is 5.36. The number of nitrogens with zero attached hydrogens (tertiary/aromatic N) is 2. The fourth-order valence-electron chi connectivity index (χ4n) is 3.67. The Labute approximate surface area is 175 Å². The van der Waals surface area contributed by atoms with Crippen molar-refractivity contribution in [3.05, 3.63) is 50.2 Å². The van der Waals surface area contributed by atoms with Gasteiger partial charge in [0.25, 0.3) is 5.56 Å². The molecule has 0 atom stereocenters. The molecule has 1 aliphatic rings. The van der Waals surface area contributed by atoms with Crippen LogP contribution in [0.25, 0.3) is 0 Å². The van der Waals surface area contributed by atoms with Crippen molar-refractivity contribution in [2.24, 2.45) is 0 Å². The first-order valence-electron chi connectivity index (χ1n) is 10.6. The molecule has 2 heterocycles. The summed E-state index contributed by atoms with van der Waals surface area (Å²) in [7, 11) is 0. The van der Waals surface area contributed by atoms with Gasteiger partial charge in [-0.25, -0.2) is 4.79 Å². The number of nitrogen functional groups attached to an aromatic ring is 1. The van der Waals surface area contributed by atoms with E-state index in [-0.39, 0.29) is 23.8 Å². The van der Waals surface area contributed by atoms with Crippen LogP contribution < -0.4 is 26.6 Å². The van der Waals surface area contributed by atoms with Gasteiger partial charge in [0, 0.05) is 19.5 Å². The molecule has 2 aromatic rings. The SMILES string of the molecule is CCCCN(C(=O)Cc1ccc2c(c1)CCO2)c1c(N)n(CCCC)c(=O)[nH]c1=O. The Morgan fingerprint density at radius 3 is 2.73 bits per heavy atom. The van der Waals surface area contributed by atoms with Gasteiger partial charge in [0.2, 0.25) is 5.91 Å². The number of rotatable bonds is 9. The second-order valence-corrected chi connectivity index (χ2v) is 7.61. The van der Waals surface area contributed by atoms with Crippen LogP contribution in [0.1, 0.15) is 50.7 Å². The number of hydrogen-bond donors (Lipinski definition) is 2. The Balaban J connectivity index is 1.94. The maximum atomic E-state index is 13.2. The standard InChI is InChI=1S/C22H30N4O4/c1-3-5-10-25(18(27)14-15-7-8-17-16(13-15)9-12-30-17)19-20(23)26(11-6-4-2)22(29)24-21(19)28/h7-8,13H,3-6,9-12,14,23H2,1-2H3,(H,24,28,29). The van der Waals surface area contributed by atoms with E-state index in [1.165, 1.54) is 9.47 Å². The van der Waals surface area contributed by atoms with E-state index in [1.807, 2.05) is 32.0 Å². The number of carbonyl (C=O) groups excluding carboxylic acids is 1. The van der Waals surface area contributed by atoms with E-state index in [4.69, 9.17) is 10.5 Å². The van der Waals surface area contributed by atoms with Crippen LogP contribution in [-0.4, -0.2) is 28.6 Å². The van der Waals surface area contributed by atoms with Crippen molar-refractivity contribution < 1.29 is 9.53 Å². The van der Waals surface area contributed by atoms with Crippen molar-refractivity contribution in [1.29, 1.82) is 0 Å². The number of amides is 1. The molecule has 8 heteroatoms. The first-order chi connectivity index (χ1) is 14.5. The zero-order valence-electron chi connectivity index (χ0n) is 17.7. The van der Waals surface area contributed by atoms with Crippen molar-refractivity contribution in [1.82, 2.24) is 9.55 Å². The predicted octanol–water partition coefficient (Wildman–Crippen LogP) is 2.23. The van der Waals surface area contributed by atoms with Gasteiger partial charge in [0.05, 0.1) is 13.0 Å². The number of aromatic amines is 1. The summed E-state index contributed by atoms with van der Waals surface area (Å²) in [5.74, 6) is 0.682. The third-order valence-corrected chi connectivity index (χ3v) is 5.36. The van der Waals surface area contributed by atoms with E-state index in [0.29, 0.717) is 19.7 Å². The van der Waals surface area contributed by atoms with Crippen LogP contribution in [0.4, 0.5) is 11.5 Å². The van der Waals surface area contributed by atoms with Gasteiger partial charge in [-0.3, -0.25) is 19.1 Å². The second-order valence-electron chi connectivity index (χ2n) is 7.61. The van der Waals surface area contributed by atoms with E-state index < -0.39 is 11.2 Å².